The summed E-state index contributed by atoms with van der Waals surface area (Å²) >= 11 is 0. The highest BCUT2D eigenvalue weighted by Gasteiger charge is 2.24. The fourth-order valence-electron chi connectivity index (χ4n) is 1.41. The van der Waals surface area contributed by atoms with Crippen LogP contribution in [0.1, 0.15) is 40.4 Å². The molecule has 0 fully saturated rings. The van der Waals surface area contributed by atoms with Crippen LogP contribution in [0.5, 0.6) is 0 Å². The standard InChI is InChI=1S/C14H21N5O/c1-10(2)9-19(18-13(20)14(3,4)5)12-6-7-16-11(8-15)17-12/h6-7,10H,9H2,1-5H3,(H,18,20). The summed E-state index contributed by atoms with van der Waals surface area (Å²) in [5.41, 5.74) is 2.35. The van der Waals surface area contributed by atoms with Crippen LogP contribution in [-0.2, 0) is 4.79 Å². The number of carbonyl (C=O) groups excluding carboxylic acids is 1. The fraction of sp³-hybridized carbons (Fsp3) is 0.571. The molecule has 1 N–H and O–H groups in total. The van der Waals surface area contributed by atoms with Crippen LogP contribution in [0.25, 0.3) is 0 Å². The molecular weight excluding hydrogens is 254 g/mol. The van der Waals surface area contributed by atoms with Gasteiger partial charge in [-0.05, 0) is 5.92 Å². The highest BCUT2D eigenvalue weighted by atomic mass is 16.2. The van der Waals surface area contributed by atoms with Crippen molar-refractivity contribution in [3.8, 4) is 6.07 Å². The Labute approximate surface area is 119 Å². The zero-order valence-corrected chi connectivity index (χ0v) is 12.6. The number of nitrogens with one attached hydrogen (secondary N) is 1. The number of hydrogen-bond acceptors (Lipinski definition) is 5. The predicted molar refractivity (Wildman–Crippen MR) is 76.5 cm³/mol. The molecule has 1 rings (SSSR count). The number of hydrogen-bond donors (Lipinski definition) is 1. The second-order valence-electron chi connectivity index (χ2n) is 6.05. The molecule has 6 heteroatoms. The van der Waals surface area contributed by atoms with Crippen molar-refractivity contribution < 1.29 is 4.79 Å². The van der Waals surface area contributed by atoms with Crippen molar-refractivity contribution in [2.45, 2.75) is 34.6 Å². The number of nitrogens with zero attached hydrogens (tertiary/aromatic N) is 4. The van der Waals surface area contributed by atoms with Crippen molar-refractivity contribution in [1.29, 1.82) is 5.26 Å². The van der Waals surface area contributed by atoms with Gasteiger partial charge in [0, 0.05) is 24.2 Å². The second-order valence-corrected chi connectivity index (χ2v) is 6.05. The van der Waals surface area contributed by atoms with Gasteiger partial charge < -0.3 is 0 Å². The van der Waals surface area contributed by atoms with Crippen LogP contribution in [0.15, 0.2) is 12.3 Å². The van der Waals surface area contributed by atoms with Gasteiger partial charge in [0.2, 0.25) is 11.7 Å². The van der Waals surface area contributed by atoms with E-state index in [9.17, 15) is 4.79 Å². The number of amides is 1. The van der Waals surface area contributed by atoms with Crippen LogP contribution in [0.3, 0.4) is 0 Å². The summed E-state index contributed by atoms with van der Waals surface area (Å²) < 4.78 is 0. The Kier molecular flexibility index (Phi) is 5.03. The lowest BCUT2D eigenvalue weighted by Crippen LogP contribution is -2.49. The first-order valence-corrected chi connectivity index (χ1v) is 6.56. The largest absolute Gasteiger partial charge is 0.273 e. The third-order valence-electron chi connectivity index (χ3n) is 2.48. The summed E-state index contributed by atoms with van der Waals surface area (Å²) in [6, 6.07) is 3.57. The lowest BCUT2D eigenvalue weighted by atomic mass is 9.96. The van der Waals surface area contributed by atoms with Crippen molar-refractivity contribution in [3.63, 3.8) is 0 Å². The van der Waals surface area contributed by atoms with Crippen LogP contribution < -0.4 is 10.4 Å². The van der Waals surface area contributed by atoms with Gasteiger partial charge in [-0.15, -0.1) is 0 Å². The molecule has 0 radical (unpaired) electrons. The molecule has 0 unspecified atom stereocenters. The molecule has 6 nitrogen and oxygen atoms in total. The lowest BCUT2D eigenvalue weighted by molar-refractivity contribution is -0.128. The maximum absolute atomic E-state index is 12.1. The van der Waals surface area contributed by atoms with E-state index in [1.807, 2.05) is 40.7 Å². The molecule has 1 aromatic rings. The van der Waals surface area contributed by atoms with E-state index in [0.717, 1.165) is 0 Å². The van der Waals surface area contributed by atoms with Gasteiger partial charge in [0.15, 0.2) is 5.82 Å². The van der Waals surface area contributed by atoms with Crippen molar-refractivity contribution in [1.82, 2.24) is 15.4 Å². The van der Waals surface area contributed by atoms with Gasteiger partial charge in [-0.3, -0.25) is 15.2 Å². The number of aromatic nitrogens is 2. The molecule has 1 amide bonds. The van der Waals surface area contributed by atoms with Crippen molar-refractivity contribution in [2.75, 3.05) is 11.6 Å². The van der Waals surface area contributed by atoms with E-state index in [1.165, 1.54) is 6.20 Å². The number of nitriles is 1. The molecule has 1 aromatic heterocycles. The first-order chi connectivity index (χ1) is 9.24. The molecular formula is C14H21N5O. The number of anilines is 1. The molecule has 0 saturated carbocycles. The van der Waals surface area contributed by atoms with Crippen LogP contribution >= 0.6 is 0 Å². The highest BCUT2D eigenvalue weighted by Crippen LogP contribution is 2.16. The molecule has 20 heavy (non-hydrogen) atoms. The fourth-order valence-corrected chi connectivity index (χ4v) is 1.41. The van der Waals surface area contributed by atoms with Gasteiger partial charge in [0.05, 0.1) is 0 Å². The minimum absolute atomic E-state index is 0.0845. The van der Waals surface area contributed by atoms with E-state index in [1.54, 1.807) is 11.1 Å². The van der Waals surface area contributed by atoms with Gasteiger partial charge in [0.1, 0.15) is 6.07 Å². The van der Waals surface area contributed by atoms with Crippen molar-refractivity contribution >= 4 is 11.7 Å². The first-order valence-electron chi connectivity index (χ1n) is 6.56. The van der Waals surface area contributed by atoms with Gasteiger partial charge in [-0.1, -0.05) is 34.6 Å². The molecule has 1 heterocycles. The molecule has 0 aliphatic carbocycles. The maximum Gasteiger partial charge on any atom is 0.243 e. The highest BCUT2D eigenvalue weighted by molar-refractivity contribution is 5.82. The van der Waals surface area contributed by atoms with E-state index in [4.69, 9.17) is 5.26 Å². The number of hydrazine groups is 1. The van der Waals surface area contributed by atoms with E-state index in [0.29, 0.717) is 18.3 Å². The van der Waals surface area contributed by atoms with Crippen molar-refractivity contribution in [2.24, 2.45) is 11.3 Å². The Bertz CT molecular complexity index is 513. The summed E-state index contributed by atoms with van der Waals surface area (Å²) in [5, 5.41) is 10.5. The van der Waals surface area contributed by atoms with Crippen molar-refractivity contribution in [3.05, 3.63) is 18.1 Å². The van der Waals surface area contributed by atoms with Crippen LogP contribution in [0.2, 0.25) is 0 Å². The van der Waals surface area contributed by atoms with Gasteiger partial charge >= 0.3 is 0 Å². The van der Waals surface area contributed by atoms with Crippen LogP contribution in [0.4, 0.5) is 5.82 Å². The second kappa shape index (κ2) is 6.33. The monoisotopic (exact) mass is 275 g/mol. The smallest absolute Gasteiger partial charge is 0.243 e. The molecule has 0 saturated heterocycles. The summed E-state index contributed by atoms with van der Waals surface area (Å²) in [5.74, 6) is 0.829. The van der Waals surface area contributed by atoms with E-state index >= 15 is 0 Å². The maximum atomic E-state index is 12.1. The van der Waals surface area contributed by atoms with E-state index in [2.05, 4.69) is 15.4 Å². The van der Waals surface area contributed by atoms with Crippen LogP contribution in [0, 0.1) is 22.7 Å². The molecule has 0 bridgehead atoms. The Balaban J connectivity index is 3.00. The third-order valence-corrected chi connectivity index (χ3v) is 2.48. The van der Waals surface area contributed by atoms with Gasteiger partial charge in [0.25, 0.3) is 0 Å². The molecule has 0 aromatic carbocycles. The average molecular weight is 275 g/mol. The number of carbonyl (C=O) groups is 1. The lowest BCUT2D eigenvalue weighted by Gasteiger charge is -2.29. The average Bonchev–Trinajstić information content (AvgIpc) is 2.36. The summed E-state index contributed by atoms with van der Waals surface area (Å²) in [4.78, 5) is 20.1. The Morgan fingerprint density at radius 2 is 2.15 bits per heavy atom. The summed E-state index contributed by atoms with van der Waals surface area (Å²) in [6.07, 6.45) is 1.51. The molecule has 0 aliphatic heterocycles. The Morgan fingerprint density at radius 3 is 2.65 bits per heavy atom. The normalized spacial score (nSPS) is 11.1. The summed E-state index contributed by atoms with van der Waals surface area (Å²) in [6.45, 7) is 10.2. The zero-order chi connectivity index (χ0) is 15.3. The van der Waals surface area contributed by atoms with E-state index < -0.39 is 5.41 Å². The zero-order valence-electron chi connectivity index (χ0n) is 12.6. The third kappa shape index (κ3) is 4.50. The van der Waals surface area contributed by atoms with Gasteiger partial charge in [-0.25, -0.2) is 4.98 Å². The number of rotatable bonds is 4. The topological polar surface area (TPSA) is 81.9 Å². The molecule has 108 valence electrons. The molecule has 0 atom stereocenters. The molecule has 0 aliphatic rings. The SMILES string of the molecule is CC(C)CN(NC(=O)C(C)(C)C)c1ccnc(C#N)n1. The summed E-state index contributed by atoms with van der Waals surface area (Å²) in [7, 11) is 0. The predicted octanol–water partition coefficient (Wildman–Crippen LogP) is 1.89. The molecule has 0 spiro atoms. The minimum atomic E-state index is -0.500. The van der Waals surface area contributed by atoms with Gasteiger partial charge in [-0.2, -0.15) is 10.2 Å². The first kappa shape index (κ1) is 15.9. The quantitative estimate of drug-likeness (QED) is 0.848. The Morgan fingerprint density at radius 1 is 1.50 bits per heavy atom. The van der Waals surface area contributed by atoms with Crippen LogP contribution in [-0.4, -0.2) is 22.4 Å². The van der Waals surface area contributed by atoms with E-state index in [-0.39, 0.29) is 11.7 Å². The minimum Gasteiger partial charge on any atom is -0.273 e. The Hall–Kier alpha value is -2.16.